The first kappa shape index (κ1) is 9.51. The van der Waals surface area contributed by atoms with Crippen molar-refractivity contribution in [3.63, 3.8) is 0 Å². The highest BCUT2D eigenvalue weighted by Gasteiger charge is 2.06. The number of thiophene rings is 1. The lowest BCUT2D eigenvalue weighted by Crippen LogP contribution is -2.22. The van der Waals surface area contributed by atoms with E-state index in [9.17, 15) is 4.79 Å². The van der Waals surface area contributed by atoms with Crippen LogP contribution in [0.25, 0.3) is 0 Å². The number of hydrogen-bond acceptors (Lipinski definition) is 3. The van der Waals surface area contributed by atoms with Crippen LogP contribution in [0.1, 0.15) is 17.3 Å². The summed E-state index contributed by atoms with van der Waals surface area (Å²) in [7, 11) is 0. The van der Waals surface area contributed by atoms with Crippen molar-refractivity contribution in [2.75, 3.05) is 6.61 Å². The van der Waals surface area contributed by atoms with Gasteiger partial charge in [0.15, 0.2) is 0 Å². The lowest BCUT2D eigenvalue weighted by atomic mass is 10.3. The van der Waals surface area contributed by atoms with Gasteiger partial charge in [0.1, 0.15) is 0 Å². The van der Waals surface area contributed by atoms with Crippen LogP contribution >= 0.6 is 22.9 Å². The second kappa shape index (κ2) is 4.45. The van der Waals surface area contributed by atoms with Gasteiger partial charge in [-0.15, -0.1) is 11.3 Å². The van der Waals surface area contributed by atoms with Crippen LogP contribution in [-0.2, 0) is 4.84 Å². The molecule has 0 saturated carbocycles. The average molecular weight is 206 g/mol. The van der Waals surface area contributed by atoms with Gasteiger partial charge in [-0.25, -0.2) is 5.48 Å². The highest BCUT2D eigenvalue weighted by atomic mass is 35.5. The average Bonchev–Trinajstić information content (AvgIpc) is 2.47. The number of amides is 1. The molecule has 1 heterocycles. The van der Waals surface area contributed by atoms with E-state index in [1.165, 1.54) is 11.3 Å². The van der Waals surface area contributed by atoms with Gasteiger partial charge in [0.25, 0.3) is 5.91 Å². The van der Waals surface area contributed by atoms with Crippen LogP contribution in [0.3, 0.4) is 0 Å². The number of carbonyl (C=O) groups excluding carboxylic acids is 1. The van der Waals surface area contributed by atoms with Crippen molar-refractivity contribution in [2.45, 2.75) is 6.92 Å². The highest BCUT2D eigenvalue weighted by Crippen LogP contribution is 2.19. The fourth-order valence-corrected chi connectivity index (χ4v) is 1.49. The molecule has 0 aliphatic heterocycles. The van der Waals surface area contributed by atoms with E-state index in [0.717, 1.165) is 0 Å². The van der Waals surface area contributed by atoms with Gasteiger partial charge in [-0.05, 0) is 13.0 Å². The quantitative estimate of drug-likeness (QED) is 0.768. The van der Waals surface area contributed by atoms with Crippen LogP contribution in [0.2, 0.25) is 4.34 Å². The Labute approximate surface area is 79.2 Å². The van der Waals surface area contributed by atoms with Gasteiger partial charge in [0.05, 0.1) is 16.5 Å². The molecular weight excluding hydrogens is 198 g/mol. The Bertz CT molecular complexity index is 274. The minimum absolute atomic E-state index is 0.264. The fourth-order valence-electron chi connectivity index (χ4n) is 0.626. The molecule has 0 aromatic carbocycles. The van der Waals surface area contributed by atoms with E-state index in [1.807, 2.05) is 0 Å². The zero-order valence-electron chi connectivity index (χ0n) is 6.46. The van der Waals surface area contributed by atoms with Crippen LogP contribution in [0.15, 0.2) is 11.4 Å². The van der Waals surface area contributed by atoms with Crippen molar-refractivity contribution >= 4 is 28.8 Å². The third-order valence-corrected chi connectivity index (χ3v) is 2.23. The lowest BCUT2D eigenvalue weighted by Gasteiger charge is -1.99. The van der Waals surface area contributed by atoms with E-state index in [2.05, 4.69) is 5.48 Å². The number of halogens is 1. The summed E-state index contributed by atoms with van der Waals surface area (Å²) in [6, 6.07) is 1.60. The largest absolute Gasteiger partial charge is 0.275 e. The molecule has 5 heteroatoms. The smallest absolute Gasteiger partial charge is 0.274 e. The molecule has 0 fully saturated rings. The lowest BCUT2D eigenvalue weighted by molar-refractivity contribution is 0.0365. The molecule has 0 spiro atoms. The molecule has 1 amide bonds. The SMILES string of the molecule is CCONC(=O)c1csc(Cl)c1. The topological polar surface area (TPSA) is 38.3 Å². The van der Waals surface area contributed by atoms with Gasteiger partial charge in [-0.2, -0.15) is 0 Å². The molecule has 0 atom stereocenters. The van der Waals surface area contributed by atoms with Gasteiger partial charge in [-0.1, -0.05) is 11.6 Å². The van der Waals surface area contributed by atoms with Crippen molar-refractivity contribution in [1.29, 1.82) is 0 Å². The number of hydrogen-bond donors (Lipinski definition) is 1. The molecule has 1 N–H and O–H groups in total. The first-order valence-electron chi connectivity index (χ1n) is 3.40. The molecule has 0 unspecified atom stereocenters. The predicted molar refractivity (Wildman–Crippen MR) is 48.4 cm³/mol. The molecule has 0 radical (unpaired) electrons. The summed E-state index contributed by atoms with van der Waals surface area (Å²) in [4.78, 5) is 15.8. The van der Waals surface area contributed by atoms with Gasteiger partial charge in [0, 0.05) is 5.38 Å². The molecule has 0 bridgehead atoms. The number of nitrogens with one attached hydrogen (secondary N) is 1. The van der Waals surface area contributed by atoms with E-state index in [-0.39, 0.29) is 5.91 Å². The molecular formula is C7H8ClNO2S. The van der Waals surface area contributed by atoms with Crippen molar-refractivity contribution in [1.82, 2.24) is 5.48 Å². The fraction of sp³-hybridized carbons (Fsp3) is 0.286. The minimum Gasteiger partial charge on any atom is -0.274 e. The Kier molecular flexibility index (Phi) is 3.52. The van der Waals surface area contributed by atoms with E-state index in [1.54, 1.807) is 18.4 Å². The summed E-state index contributed by atoms with van der Waals surface area (Å²) in [5.41, 5.74) is 2.80. The van der Waals surface area contributed by atoms with Crippen LogP contribution < -0.4 is 5.48 Å². The summed E-state index contributed by atoms with van der Waals surface area (Å²) in [6.45, 7) is 2.24. The molecule has 66 valence electrons. The number of rotatable bonds is 3. The van der Waals surface area contributed by atoms with Gasteiger partial charge >= 0.3 is 0 Å². The van der Waals surface area contributed by atoms with Crippen molar-refractivity contribution < 1.29 is 9.63 Å². The summed E-state index contributed by atoms with van der Waals surface area (Å²) >= 11 is 6.95. The van der Waals surface area contributed by atoms with E-state index >= 15 is 0 Å². The maximum atomic E-state index is 11.1. The first-order chi connectivity index (χ1) is 5.74. The van der Waals surface area contributed by atoms with Gasteiger partial charge in [-0.3, -0.25) is 9.63 Å². The summed E-state index contributed by atoms with van der Waals surface area (Å²) in [6.07, 6.45) is 0. The minimum atomic E-state index is -0.264. The van der Waals surface area contributed by atoms with Crippen molar-refractivity contribution in [2.24, 2.45) is 0 Å². The van der Waals surface area contributed by atoms with Crippen LogP contribution in [-0.4, -0.2) is 12.5 Å². The summed E-state index contributed by atoms with van der Waals surface area (Å²) in [5.74, 6) is -0.264. The highest BCUT2D eigenvalue weighted by molar-refractivity contribution is 7.14. The zero-order valence-corrected chi connectivity index (χ0v) is 8.04. The van der Waals surface area contributed by atoms with E-state index < -0.39 is 0 Å². The molecule has 1 aromatic rings. The van der Waals surface area contributed by atoms with E-state index in [0.29, 0.717) is 16.5 Å². The molecule has 0 aliphatic rings. The molecule has 3 nitrogen and oxygen atoms in total. The maximum absolute atomic E-state index is 11.1. The predicted octanol–water partition coefficient (Wildman–Crippen LogP) is 2.08. The zero-order chi connectivity index (χ0) is 8.97. The van der Waals surface area contributed by atoms with Crippen molar-refractivity contribution in [3.05, 3.63) is 21.3 Å². The van der Waals surface area contributed by atoms with Crippen LogP contribution in [0, 0.1) is 0 Å². The standard InChI is InChI=1S/C7H8ClNO2S/c1-2-11-9-7(10)5-3-6(8)12-4-5/h3-4H,2H2,1H3,(H,9,10). The Morgan fingerprint density at radius 3 is 3.08 bits per heavy atom. The monoisotopic (exact) mass is 205 g/mol. The Morgan fingerprint density at radius 2 is 2.58 bits per heavy atom. The third-order valence-electron chi connectivity index (χ3n) is 1.14. The second-order valence-corrected chi connectivity index (χ2v) is 3.55. The van der Waals surface area contributed by atoms with E-state index in [4.69, 9.17) is 16.4 Å². The molecule has 0 aliphatic carbocycles. The molecule has 1 rings (SSSR count). The molecule has 12 heavy (non-hydrogen) atoms. The van der Waals surface area contributed by atoms with Crippen LogP contribution in [0.4, 0.5) is 0 Å². The Hall–Kier alpha value is -0.580. The number of hydroxylamine groups is 1. The summed E-state index contributed by atoms with van der Waals surface area (Å²) in [5, 5.41) is 1.68. The number of carbonyl (C=O) groups is 1. The second-order valence-electron chi connectivity index (χ2n) is 2.00. The Balaban J connectivity index is 2.53. The maximum Gasteiger partial charge on any atom is 0.275 e. The first-order valence-corrected chi connectivity index (χ1v) is 4.66. The normalized spacial score (nSPS) is 9.83. The third kappa shape index (κ3) is 2.48. The summed E-state index contributed by atoms with van der Waals surface area (Å²) < 4.78 is 0.594. The van der Waals surface area contributed by atoms with Crippen LogP contribution in [0.5, 0.6) is 0 Å². The molecule has 0 saturated heterocycles. The Morgan fingerprint density at radius 1 is 1.83 bits per heavy atom. The van der Waals surface area contributed by atoms with Gasteiger partial charge < -0.3 is 0 Å². The van der Waals surface area contributed by atoms with Crippen molar-refractivity contribution in [3.8, 4) is 0 Å². The molecule has 1 aromatic heterocycles. The van der Waals surface area contributed by atoms with Gasteiger partial charge in [0.2, 0.25) is 0 Å².